The van der Waals surface area contributed by atoms with Crippen molar-refractivity contribution in [2.45, 2.75) is 20.1 Å². The van der Waals surface area contributed by atoms with Gasteiger partial charge in [0.15, 0.2) is 0 Å². The molecule has 1 fully saturated rings. The Balaban J connectivity index is 1.46. The number of ether oxygens (including phenoxy) is 1. The van der Waals surface area contributed by atoms with E-state index in [1.807, 2.05) is 73.7 Å². The summed E-state index contributed by atoms with van der Waals surface area (Å²) in [5, 5.41) is 0.392. The molecule has 162 valence electrons. The summed E-state index contributed by atoms with van der Waals surface area (Å²) in [4.78, 5) is 26.9. The lowest BCUT2D eigenvalue weighted by Gasteiger charge is -2.12. The van der Waals surface area contributed by atoms with Crippen LogP contribution in [0.25, 0.3) is 6.08 Å². The van der Waals surface area contributed by atoms with Crippen LogP contribution in [0.5, 0.6) is 5.75 Å². The maximum Gasteiger partial charge on any atom is 0.293 e. The summed E-state index contributed by atoms with van der Waals surface area (Å²) in [6, 6.07) is 20.9. The van der Waals surface area contributed by atoms with E-state index < -0.39 is 0 Å². The average Bonchev–Trinajstić information content (AvgIpc) is 3.01. The molecule has 0 aliphatic carbocycles. The van der Waals surface area contributed by atoms with E-state index in [1.54, 1.807) is 6.08 Å². The van der Waals surface area contributed by atoms with Crippen molar-refractivity contribution in [2.24, 2.45) is 0 Å². The van der Waals surface area contributed by atoms with Gasteiger partial charge in [-0.15, -0.1) is 0 Å². The third kappa shape index (κ3) is 5.26. The molecule has 0 saturated carbocycles. The molecule has 0 bridgehead atoms. The van der Waals surface area contributed by atoms with Crippen LogP contribution in [0.4, 0.5) is 4.79 Å². The first-order valence-electron chi connectivity index (χ1n) is 9.87. The molecule has 32 heavy (non-hydrogen) atoms. The van der Waals surface area contributed by atoms with E-state index in [4.69, 9.17) is 16.3 Å². The third-order valence-corrected chi connectivity index (χ3v) is 6.79. The molecule has 4 nitrogen and oxygen atoms in total. The summed E-state index contributed by atoms with van der Waals surface area (Å²) in [5.74, 6) is 0.381. The SMILES string of the molecule is Cc1cccc(CN2C(=O)S/C(=C\c3ccc(OCc4ccccc4Cl)c(Br)c3)C2=O)c1. The predicted molar refractivity (Wildman–Crippen MR) is 133 cm³/mol. The number of benzene rings is 3. The number of halogens is 2. The van der Waals surface area contributed by atoms with Gasteiger partial charge in [-0.05, 0) is 70.0 Å². The Labute approximate surface area is 204 Å². The van der Waals surface area contributed by atoms with Crippen LogP contribution in [-0.4, -0.2) is 16.0 Å². The minimum atomic E-state index is -0.281. The standard InChI is InChI=1S/C25H19BrClNO3S/c1-16-5-4-6-18(11-16)14-28-24(29)23(32-25(28)30)13-17-9-10-22(20(26)12-17)31-15-19-7-2-3-8-21(19)27/h2-13H,14-15H2,1H3/b23-13-. The molecule has 0 radical (unpaired) electrons. The van der Waals surface area contributed by atoms with E-state index in [2.05, 4.69) is 15.9 Å². The molecule has 1 aliphatic heterocycles. The van der Waals surface area contributed by atoms with E-state index in [1.165, 1.54) is 4.90 Å². The fourth-order valence-electron chi connectivity index (χ4n) is 3.28. The van der Waals surface area contributed by atoms with Gasteiger partial charge < -0.3 is 4.74 Å². The molecule has 0 spiro atoms. The van der Waals surface area contributed by atoms with Gasteiger partial charge in [0, 0.05) is 10.6 Å². The van der Waals surface area contributed by atoms with Crippen LogP contribution in [0, 0.1) is 6.92 Å². The van der Waals surface area contributed by atoms with Crippen molar-refractivity contribution in [2.75, 3.05) is 0 Å². The summed E-state index contributed by atoms with van der Waals surface area (Å²) in [7, 11) is 0. The number of amides is 2. The fourth-order valence-corrected chi connectivity index (χ4v) is 4.82. The zero-order chi connectivity index (χ0) is 22.7. The van der Waals surface area contributed by atoms with Crippen molar-refractivity contribution in [3.8, 4) is 5.75 Å². The minimum Gasteiger partial charge on any atom is -0.488 e. The molecule has 0 unspecified atom stereocenters. The van der Waals surface area contributed by atoms with Crippen LogP contribution in [0.1, 0.15) is 22.3 Å². The van der Waals surface area contributed by atoms with E-state index in [9.17, 15) is 9.59 Å². The highest BCUT2D eigenvalue weighted by Gasteiger charge is 2.35. The van der Waals surface area contributed by atoms with Crippen molar-refractivity contribution >= 4 is 56.5 Å². The van der Waals surface area contributed by atoms with Gasteiger partial charge in [0.05, 0.1) is 15.9 Å². The Bertz CT molecular complexity index is 1230. The first-order chi connectivity index (χ1) is 15.4. The molecular formula is C25H19BrClNO3S. The zero-order valence-corrected chi connectivity index (χ0v) is 20.3. The molecule has 3 aromatic rings. The number of thioether (sulfide) groups is 1. The molecule has 0 N–H and O–H groups in total. The van der Waals surface area contributed by atoms with E-state index in [0.29, 0.717) is 22.3 Å². The molecule has 2 amide bonds. The van der Waals surface area contributed by atoms with Crippen LogP contribution in [0.15, 0.2) is 76.1 Å². The molecule has 0 atom stereocenters. The van der Waals surface area contributed by atoms with Crippen LogP contribution in [-0.2, 0) is 17.9 Å². The molecular weight excluding hydrogens is 510 g/mol. The molecule has 1 aliphatic rings. The van der Waals surface area contributed by atoms with E-state index in [-0.39, 0.29) is 17.7 Å². The highest BCUT2D eigenvalue weighted by molar-refractivity contribution is 9.10. The first-order valence-corrected chi connectivity index (χ1v) is 11.9. The normalized spacial score (nSPS) is 15.0. The summed E-state index contributed by atoms with van der Waals surface area (Å²) >= 11 is 10.7. The van der Waals surface area contributed by atoms with Gasteiger partial charge in [0.1, 0.15) is 12.4 Å². The Kier molecular flexibility index (Phi) is 7.04. The number of hydrogen-bond acceptors (Lipinski definition) is 4. The lowest BCUT2D eigenvalue weighted by molar-refractivity contribution is -0.123. The minimum absolute atomic E-state index is 0.262. The van der Waals surface area contributed by atoms with Gasteiger partial charge >= 0.3 is 0 Å². The molecule has 3 aromatic carbocycles. The summed E-state index contributed by atoms with van der Waals surface area (Å²) in [6.45, 7) is 2.59. The van der Waals surface area contributed by atoms with Crippen LogP contribution in [0.2, 0.25) is 5.02 Å². The Morgan fingerprint density at radius 1 is 1.06 bits per heavy atom. The third-order valence-electron chi connectivity index (χ3n) is 4.89. The molecule has 1 saturated heterocycles. The number of imide groups is 1. The highest BCUT2D eigenvalue weighted by atomic mass is 79.9. The number of hydrogen-bond donors (Lipinski definition) is 0. The number of carbonyl (C=O) groups is 2. The molecule has 7 heteroatoms. The van der Waals surface area contributed by atoms with Crippen LogP contribution in [0.3, 0.4) is 0 Å². The zero-order valence-electron chi connectivity index (χ0n) is 17.2. The number of aryl methyl sites for hydroxylation is 1. The Morgan fingerprint density at radius 2 is 1.88 bits per heavy atom. The lowest BCUT2D eigenvalue weighted by Crippen LogP contribution is -2.27. The second-order valence-corrected chi connectivity index (χ2v) is 9.58. The molecule has 1 heterocycles. The first kappa shape index (κ1) is 22.6. The monoisotopic (exact) mass is 527 g/mol. The maximum absolute atomic E-state index is 12.8. The number of rotatable bonds is 6. The highest BCUT2D eigenvalue weighted by Crippen LogP contribution is 2.35. The average molecular weight is 529 g/mol. The summed E-state index contributed by atoms with van der Waals surface area (Å²) < 4.78 is 6.62. The van der Waals surface area contributed by atoms with Gasteiger partial charge in [-0.3, -0.25) is 14.5 Å². The van der Waals surface area contributed by atoms with Crippen molar-refractivity contribution in [1.82, 2.24) is 4.90 Å². The van der Waals surface area contributed by atoms with Crippen LogP contribution < -0.4 is 4.74 Å². The van der Waals surface area contributed by atoms with Crippen molar-refractivity contribution in [3.63, 3.8) is 0 Å². The summed E-state index contributed by atoms with van der Waals surface area (Å²) in [5.41, 5.74) is 3.71. The van der Waals surface area contributed by atoms with Gasteiger partial charge in [0.2, 0.25) is 0 Å². The van der Waals surface area contributed by atoms with Crippen LogP contribution >= 0.6 is 39.3 Å². The number of nitrogens with zero attached hydrogens (tertiary/aromatic N) is 1. The van der Waals surface area contributed by atoms with Gasteiger partial charge in [0.25, 0.3) is 11.1 Å². The lowest BCUT2D eigenvalue weighted by atomic mass is 10.1. The second-order valence-electron chi connectivity index (χ2n) is 7.33. The fraction of sp³-hybridized carbons (Fsp3) is 0.120. The Hall–Kier alpha value is -2.54. The second kappa shape index (κ2) is 9.94. The largest absolute Gasteiger partial charge is 0.488 e. The molecule has 4 rings (SSSR count). The maximum atomic E-state index is 12.8. The summed E-state index contributed by atoms with van der Waals surface area (Å²) in [6.07, 6.45) is 1.73. The van der Waals surface area contributed by atoms with Crippen molar-refractivity contribution in [3.05, 3.63) is 103 Å². The van der Waals surface area contributed by atoms with Gasteiger partial charge in [-0.1, -0.05) is 65.7 Å². The van der Waals surface area contributed by atoms with Gasteiger partial charge in [-0.25, -0.2) is 0 Å². The number of carbonyl (C=O) groups excluding carboxylic acids is 2. The van der Waals surface area contributed by atoms with Crippen molar-refractivity contribution < 1.29 is 14.3 Å². The smallest absolute Gasteiger partial charge is 0.293 e. The topological polar surface area (TPSA) is 46.6 Å². The van der Waals surface area contributed by atoms with Crippen molar-refractivity contribution in [1.29, 1.82) is 0 Å². The molecule has 0 aromatic heterocycles. The van der Waals surface area contributed by atoms with E-state index >= 15 is 0 Å². The Morgan fingerprint density at radius 3 is 2.62 bits per heavy atom. The quantitative estimate of drug-likeness (QED) is 0.317. The van der Waals surface area contributed by atoms with E-state index in [0.717, 1.165) is 38.5 Å². The van der Waals surface area contributed by atoms with Gasteiger partial charge in [-0.2, -0.15) is 0 Å². The predicted octanol–water partition coefficient (Wildman–Crippen LogP) is 7.23.